The monoisotopic (exact) mass is 708 g/mol. The third-order valence-corrected chi connectivity index (χ3v) is 10.6. The molecule has 7 N–H and O–H groups in total. The van der Waals surface area contributed by atoms with Gasteiger partial charge in [-0.1, -0.05) is 0 Å². The summed E-state index contributed by atoms with van der Waals surface area (Å²) in [5.41, 5.74) is 11.5. The first-order valence-electron chi connectivity index (χ1n) is 13.2. The van der Waals surface area contributed by atoms with Crippen molar-refractivity contribution in [3.63, 3.8) is 0 Å². The standard InChI is InChI=1S/C22H24F2N8O9P2S2/c23-12-10-5-36-42(34,44)40-15-11(39-20(13(15)24)31-4-2-8-9(25)1-3-27-17(8)31)6-37-43(35,45)41-16(12)21(38-10)32-7-28-14-18(32)29-22(26)30-19(14)33/h1-4,7,10-13,15-16,20-21H,5-6H2,(H2,25,27)(H,34,44)(H,35,45)(H3,26,29,30,33)/t10-,11-,12-,13+,15-,16-,20-,21-,42?,43?/m1/s1. The predicted octanol–water partition coefficient (Wildman–Crippen LogP) is 1.06. The van der Waals surface area contributed by atoms with Crippen LogP contribution >= 0.6 is 13.4 Å². The van der Waals surface area contributed by atoms with E-state index in [1.807, 2.05) is 0 Å². The Kier molecular flexibility index (Phi) is 7.82. The number of nitrogens with one attached hydrogen (secondary N) is 1. The molecule has 2 unspecified atom stereocenters. The molecule has 3 saturated heterocycles. The highest BCUT2D eigenvalue weighted by atomic mass is 32.5. The fraction of sp³-hybridized carbons (Fsp3) is 0.455. The van der Waals surface area contributed by atoms with Crippen molar-refractivity contribution in [3.05, 3.63) is 41.2 Å². The number of H-pyrrole nitrogens is 1. The highest BCUT2D eigenvalue weighted by molar-refractivity contribution is 8.07. The Labute approximate surface area is 260 Å². The topological polar surface area (TPSA) is 229 Å². The Hall–Kier alpha value is -2.52. The zero-order valence-corrected chi connectivity index (χ0v) is 26.0. The van der Waals surface area contributed by atoms with Gasteiger partial charge in [-0.2, -0.15) is 4.98 Å². The van der Waals surface area contributed by atoms with Crippen LogP contribution in [0.3, 0.4) is 0 Å². The summed E-state index contributed by atoms with van der Waals surface area (Å²) in [5, 5.41) is 0.543. The van der Waals surface area contributed by atoms with E-state index < -0.39 is 81.4 Å². The molecule has 0 saturated carbocycles. The van der Waals surface area contributed by atoms with Crippen LogP contribution in [0.25, 0.3) is 22.2 Å². The number of alkyl halides is 2. The van der Waals surface area contributed by atoms with Gasteiger partial charge in [-0.15, -0.1) is 0 Å². The number of anilines is 2. The van der Waals surface area contributed by atoms with E-state index in [-0.39, 0.29) is 17.1 Å². The molecule has 3 fully saturated rings. The molecule has 3 aliphatic rings. The van der Waals surface area contributed by atoms with Crippen LogP contribution in [0.1, 0.15) is 12.5 Å². The molecular weight excluding hydrogens is 684 g/mol. The fourth-order valence-corrected chi connectivity index (χ4v) is 8.30. The number of aromatic amines is 1. The number of imidazole rings is 1. The van der Waals surface area contributed by atoms with Crippen molar-refractivity contribution in [3.8, 4) is 0 Å². The molecule has 45 heavy (non-hydrogen) atoms. The molecule has 7 rings (SSSR count). The third kappa shape index (κ3) is 5.60. The van der Waals surface area contributed by atoms with Crippen molar-refractivity contribution in [2.75, 3.05) is 24.7 Å². The number of rotatable bonds is 2. The molecule has 242 valence electrons. The van der Waals surface area contributed by atoms with Crippen molar-refractivity contribution in [1.82, 2.24) is 29.1 Å². The molecule has 4 aromatic rings. The molecule has 0 amide bonds. The highest BCUT2D eigenvalue weighted by Gasteiger charge is 2.53. The Bertz CT molecular complexity index is 1950. The van der Waals surface area contributed by atoms with Gasteiger partial charge < -0.3 is 44.3 Å². The Morgan fingerprint density at radius 3 is 2.38 bits per heavy atom. The number of hydrogen-bond acceptors (Lipinski definition) is 14. The van der Waals surface area contributed by atoms with Crippen molar-refractivity contribution < 1.29 is 46.1 Å². The fourth-order valence-electron chi connectivity index (χ4n) is 5.46. The third-order valence-electron chi connectivity index (χ3n) is 7.49. The number of hydrogen-bond donors (Lipinski definition) is 5. The zero-order valence-electron chi connectivity index (χ0n) is 22.5. The number of nitrogens with zero attached hydrogens (tertiary/aromatic N) is 5. The van der Waals surface area contributed by atoms with Gasteiger partial charge in [0, 0.05) is 23.5 Å². The van der Waals surface area contributed by atoms with E-state index in [2.05, 4.69) is 19.9 Å². The van der Waals surface area contributed by atoms with Gasteiger partial charge in [-0.3, -0.25) is 23.4 Å². The van der Waals surface area contributed by atoms with Gasteiger partial charge in [0.25, 0.3) is 5.56 Å². The van der Waals surface area contributed by atoms with Crippen LogP contribution in [-0.4, -0.2) is 88.8 Å². The number of pyridine rings is 1. The highest BCUT2D eigenvalue weighted by Crippen LogP contribution is 2.54. The number of fused-ring (bicyclic) bond motifs is 5. The van der Waals surface area contributed by atoms with Crippen molar-refractivity contribution in [2.24, 2.45) is 0 Å². The molecule has 17 nitrogen and oxygen atoms in total. The van der Waals surface area contributed by atoms with Crippen molar-refractivity contribution in [2.45, 2.75) is 49.2 Å². The SMILES string of the molecule is Nc1nc2c(ncn2[C@@H]2O[C@@H]3COP(O)(=S)O[C@H]4[C@H](F)[C@H](n5ccc6c(N)ccnc65)O[C@@H]4COP(O)(=S)O[C@@H]2[C@@H]3F)c(=O)[nH]1. The smallest absolute Gasteiger partial charge is 0.325 e. The van der Waals surface area contributed by atoms with Crippen LogP contribution in [0.4, 0.5) is 20.4 Å². The predicted molar refractivity (Wildman–Crippen MR) is 159 cm³/mol. The molecule has 7 heterocycles. The van der Waals surface area contributed by atoms with E-state index in [0.717, 1.165) is 6.33 Å². The van der Waals surface area contributed by atoms with Crippen LogP contribution in [0.2, 0.25) is 0 Å². The minimum absolute atomic E-state index is 0.0801. The second-order valence-electron chi connectivity index (χ2n) is 10.3. The summed E-state index contributed by atoms with van der Waals surface area (Å²) in [7, 11) is 0. The Balaban J connectivity index is 1.21. The van der Waals surface area contributed by atoms with E-state index in [1.54, 1.807) is 12.1 Å². The first kappa shape index (κ1) is 31.1. The van der Waals surface area contributed by atoms with E-state index >= 15 is 8.78 Å². The Morgan fingerprint density at radius 2 is 1.62 bits per heavy atom. The van der Waals surface area contributed by atoms with Crippen LogP contribution in [0, 0.1) is 0 Å². The van der Waals surface area contributed by atoms with E-state index in [1.165, 1.54) is 21.5 Å². The molecule has 0 radical (unpaired) electrons. The summed E-state index contributed by atoms with van der Waals surface area (Å²) in [6.45, 7) is -9.93. The number of halogens is 2. The van der Waals surface area contributed by atoms with E-state index in [4.69, 9.17) is 62.6 Å². The maximum atomic E-state index is 16.0. The van der Waals surface area contributed by atoms with Crippen LogP contribution < -0.4 is 17.0 Å². The normalized spacial score (nSPS) is 37.7. The molecule has 10 atom stereocenters. The lowest BCUT2D eigenvalue weighted by Crippen LogP contribution is -2.34. The van der Waals surface area contributed by atoms with Gasteiger partial charge in [0.1, 0.15) is 30.1 Å². The second kappa shape index (κ2) is 11.3. The van der Waals surface area contributed by atoms with Gasteiger partial charge in [0.2, 0.25) is 5.95 Å². The van der Waals surface area contributed by atoms with Gasteiger partial charge in [-0.05, 0) is 35.7 Å². The average molecular weight is 709 g/mol. The van der Waals surface area contributed by atoms with Crippen molar-refractivity contribution in [1.29, 1.82) is 0 Å². The lowest BCUT2D eigenvalue weighted by atomic mass is 10.1. The lowest BCUT2D eigenvalue weighted by Gasteiger charge is -2.27. The molecule has 23 heteroatoms. The lowest BCUT2D eigenvalue weighted by molar-refractivity contribution is -0.0598. The second-order valence-corrected chi connectivity index (χ2v) is 15.9. The largest absolute Gasteiger partial charge is 0.398 e. The summed E-state index contributed by atoms with van der Waals surface area (Å²) >= 11 is 10.3. The molecule has 0 spiro atoms. The number of nitrogens with two attached hydrogens (primary N) is 2. The van der Waals surface area contributed by atoms with Crippen LogP contribution in [0.5, 0.6) is 0 Å². The molecule has 2 bridgehead atoms. The number of nitrogen functional groups attached to an aromatic ring is 2. The zero-order chi connectivity index (χ0) is 31.8. The first-order chi connectivity index (χ1) is 21.3. The van der Waals surface area contributed by atoms with Gasteiger partial charge in [-0.25, -0.2) is 18.7 Å². The van der Waals surface area contributed by atoms with Crippen LogP contribution in [-0.2, 0) is 51.2 Å². The maximum Gasteiger partial charge on any atom is 0.325 e. The Morgan fingerprint density at radius 1 is 0.933 bits per heavy atom. The first-order valence-corrected chi connectivity index (χ1v) is 18.3. The molecule has 0 aromatic carbocycles. The van der Waals surface area contributed by atoms with Crippen molar-refractivity contribution >= 4 is 70.9 Å². The van der Waals surface area contributed by atoms with Gasteiger partial charge in [0.05, 0.1) is 19.5 Å². The molecule has 0 aliphatic carbocycles. The molecule has 3 aliphatic heterocycles. The van der Waals surface area contributed by atoms with E-state index in [9.17, 15) is 14.6 Å². The minimum Gasteiger partial charge on any atom is -0.398 e. The summed E-state index contributed by atoms with van der Waals surface area (Å²) in [5.74, 6) is -0.250. The number of ether oxygens (including phenoxy) is 2. The maximum absolute atomic E-state index is 16.0. The molecular formula is C22H24F2N8O9P2S2. The summed E-state index contributed by atoms with van der Waals surface area (Å²) in [6.07, 6.45) is -8.77. The van der Waals surface area contributed by atoms with Crippen LogP contribution in [0.15, 0.2) is 35.6 Å². The summed E-state index contributed by atoms with van der Waals surface area (Å²) < 4.78 is 68.3. The van der Waals surface area contributed by atoms with E-state index in [0.29, 0.717) is 16.7 Å². The summed E-state index contributed by atoms with van der Waals surface area (Å²) in [6, 6.07) is 3.21. The number of aromatic nitrogens is 6. The van der Waals surface area contributed by atoms with Gasteiger partial charge >= 0.3 is 13.4 Å². The summed E-state index contributed by atoms with van der Waals surface area (Å²) in [4.78, 5) is 48.8. The molecule has 4 aromatic heterocycles. The average Bonchev–Trinajstić information content (AvgIpc) is 3.72. The minimum atomic E-state index is -4.33. The van der Waals surface area contributed by atoms with Gasteiger partial charge in [0.15, 0.2) is 36.0 Å². The quantitative estimate of drug-likeness (QED) is 0.183.